The molecule has 0 aliphatic heterocycles. The van der Waals surface area contributed by atoms with E-state index in [4.69, 9.17) is 31.6 Å². The lowest BCUT2D eigenvalue weighted by Gasteiger charge is -2.12. The molecule has 0 saturated heterocycles. The van der Waals surface area contributed by atoms with Crippen LogP contribution in [0, 0.1) is 5.41 Å². The summed E-state index contributed by atoms with van der Waals surface area (Å²) in [5.41, 5.74) is 12.2. The van der Waals surface area contributed by atoms with Crippen LogP contribution in [-0.2, 0) is 0 Å². The molecule has 0 aliphatic carbocycles. The van der Waals surface area contributed by atoms with Crippen LogP contribution >= 0.6 is 0 Å². The highest BCUT2D eigenvalue weighted by Crippen LogP contribution is 2.14. The summed E-state index contributed by atoms with van der Waals surface area (Å²) in [6.07, 6.45) is 1.36. The van der Waals surface area contributed by atoms with Gasteiger partial charge in [-0.15, -0.1) is 0 Å². The first-order valence-electron chi connectivity index (χ1n) is 8.95. The number of amidine groups is 2. The van der Waals surface area contributed by atoms with Crippen molar-refractivity contribution < 1.29 is 19.8 Å². The van der Waals surface area contributed by atoms with Gasteiger partial charge in [0.25, 0.3) is 0 Å². The molecule has 0 aromatic heterocycles. The number of benzene rings is 2. The van der Waals surface area contributed by atoms with Crippen molar-refractivity contribution in [1.29, 1.82) is 5.41 Å². The van der Waals surface area contributed by atoms with Crippen molar-refractivity contribution in [3.05, 3.63) is 59.7 Å². The number of aliphatic hydroxyl groups excluding tert-OH is 1. The van der Waals surface area contributed by atoms with Gasteiger partial charge in [-0.1, -0.05) is 5.16 Å². The molecule has 0 amide bonds. The number of nitrogens with one attached hydrogen (secondary N) is 1. The number of rotatable bonds is 11. The normalized spacial score (nSPS) is 12.4. The fraction of sp³-hybridized carbons (Fsp3) is 0.300. The third kappa shape index (κ3) is 6.81. The van der Waals surface area contributed by atoms with Gasteiger partial charge >= 0.3 is 0 Å². The first kappa shape index (κ1) is 21.0. The monoisotopic (exact) mass is 386 g/mol. The molecule has 8 heteroatoms. The van der Waals surface area contributed by atoms with Gasteiger partial charge in [-0.3, -0.25) is 5.41 Å². The van der Waals surface area contributed by atoms with Crippen LogP contribution in [0.1, 0.15) is 30.4 Å². The van der Waals surface area contributed by atoms with Gasteiger partial charge in [0.05, 0.1) is 19.3 Å². The van der Waals surface area contributed by atoms with Crippen LogP contribution in [0.4, 0.5) is 0 Å². The Hall–Kier alpha value is -3.26. The second-order valence-corrected chi connectivity index (χ2v) is 6.23. The van der Waals surface area contributed by atoms with Crippen LogP contribution in [0.2, 0.25) is 0 Å². The van der Waals surface area contributed by atoms with Gasteiger partial charge in [0.1, 0.15) is 17.3 Å². The Morgan fingerprint density at radius 1 is 0.893 bits per heavy atom. The summed E-state index contributed by atoms with van der Waals surface area (Å²) in [7, 11) is 0. The largest absolute Gasteiger partial charge is 0.494 e. The second-order valence-electron chi connectivity index (χ2n) is 6.23. The summed E-state index contributed by atoms with van der Waals surface area (Å²) in [5, 5.41) is 28.9. The minimum Gasteiger partial charge on any atom is -0.494 e. The molecule has 0 saturated carbocycles. The lowest BCUT2D eigenvalue weighted by molar-refractivity contribution is 0.122. The summed E-state index contributed by atoms with van der Waals surface area (Å²) < 4.78 is 11.2. The van der Waals surface area contributed by atoms with Crippen molar-refractivity contribution in [3.63, 3.8) is 0 Å². The standard InChI is InChI=1S/C20H26N4O4/c21-19(22)14-3-7-18(8-4-14)28-13-11-16(25)2-1-12-27-17-9-5-15(6-10-17)20(23)24-26/h3-10,16,25-26H,1-2,11-13H2,(H3,21,22)(H2,23,24). The van der Waals surface area contributed by atoms with E-state index in [0.29, 0.717) is 55.1 Å². The van der Waals surface area contributed by atoms with Crippen LogP contribution < -0.4 is 20.9 Å². The first-order chi connectivity index (χ1) is 13.5. The minimum atomic E-state index is -0.469. The van der Waals surface area contributed by atoms with Crippen LogP contribution in [-0.4, -0.2) is 41.3 Å². The third-order valence-electron chi connectivity index (χ3n) is 4.09. The van der Waals surface area contributed by atoms with E-state index in [1.54, 1.807) is 48.5 Å². The third-order valence-corrected chi connectivity index (χ3v) is 4.09. The number of oxime groups is 1. The Balaban J connectivity index is 1.61. The Labute approximate surface area is 163 Å². The maximum Gasteiger partial charge on any atom is 0.170 e. The van der Waals surface area contributed by atoms with Crippen molar-refractivity contribution in [2.24, 2.45) is 16.6 Å². The van der Waals surface area contributed by atoms with E-state index in [1.807, 2.05) is 0 Å². The fourth-order valence-corrected chi connectivity index (χ4v) is 2.48. The highest BCUT2D eigenvalue weighted by Gasteiger charge is 2.06. The summed E-state index contributed by atoms with van der Waals surface area (Å²) >= 11 is 0. The molecular formula is C20H26N4O4. The molecular weight excluding hydrogens is 360 g/mol. The van der Waals surface area contributed by atoms with E-state index in [-0.39, 0.29) is 11.7 Å². The van der Waals surface area contributed by atoms with E-state index in [2.05, 4.69) is 5.16 Å². The zero-order valence-electron chi connectivity index (χ0n) is 15.5. The molecule has 8 nitrogen and oxygen atoms in total. The predicted molar refractivity (Wildman–Crippen MR) is 107 cm³/mol. The molecule has 1 unspecified atom stereocenters. The Bertz CT molecular complexity index is 776. The zero-order chi connectivity index (χ0) is 20.4. The second kappa shape index (κ2) is 10.8. The zero-order valence-corrected chi connectivity index (χ0v) is 15.5. The first-order valence-corrected chi connectivity index (χ1v) is 8.95. The lowest BCUT2D eigenvalue weighted by atomic mass is 10.1. The molecule has 2 aromatic carbocycles. The highest BCUT2D eigenvalue weighted by atomic mass is 16.5. The van der Waals surface area contributed by atoms with Gasteiger partial charge in [-0.2, -0.15) is 0 Å². The molecule has 2 rings (SSSR count). The van der Waals surface area contributed by atoms with Crippen molar-refractivity contribution in [3.8, 4) is 11.5 Å². The van der Waals surface area contributed by atoms with Gasteiger partial charge in [0.15, 0.2) is 5.84 Å². The summed E-state index contributed by atoms with van der Waals surface area (Å²) in [6.45, 7) is 0.879. The SMILES string of the molecule is N=C(N)c1ccc(OCCC(O)CCCOc2ccc(/C(N)=N\O)cc2)cc1. The van der Waals surface area contributed by atoms with E-state index in [0.717, 1.165) is 0 Å². The van der Waals surface area contributed by atoms with E-state index in [9.17, 15) is 5.11 Å². The Kier molecular flexibility index (Phi) is 8.11. The number of ether oxygens (including phenoxy) is 2. The topological polar surface area (TPSA) is 147 Å². The molecule has 0 spiro atoms. The van der Waals surface area contributed by atoms with Gasteiger partial charge in [0, 0.05) is 17.5 Å². The fourth-order valence-electron chi connectivity index (χ4n) is 2.48. The van der Waals surface area contributed by atoms with Gasteiger partial charge in [0.2, 0.25) is 0 Å². The van der Waals surface area contributed by atoms with Crippen molar-refractivity contribution >= 4 is 11.7 Å². The molecule has 0 heterocycles. The molecule has 2 aromatic rings. The number of hydrogen-bond donors (Lipinski definition) is 5. The molecule has 0 bridgehead atoms. The lowest BCUT2D eigenvalue weighted by Crippen LogP contribution is -2.14. The van der Waals surface area contributed by atoms with Crippen LogP contribution in [0.25, 0.3) is 0 Å². The molecule has 28 heavy (non-hydrogen) atoms. The number of nitrogens with two attached hydrogens (primary N) is 2. The van der Waals surface area contributed by atoms with E-state index in [1.165, 1.54) is 0 Å². The van der Waals surface area contributed by atoms with Gasteiger partial charge in [-0.05, 0) is 61.4 Å². The van der Waals surface area contributed by atoms with E-state index < -0.39 is 6.10 Å². The molecule has 0 fully saturated rings. The number of nitrogen functional groups attached to an aromatic ring is 1. The molecule has 7 N–H and O–H groups in total. The number of hydrogen-bond acceptors (Lipinski definition) is 6. The maximum absolute atomic E-state index is 10.0. The summed E-state index contributed by atoms with van der Waals surface area (Å²) in [6, 6.07) is 13.9. The van der Waals surface area contributed by atoms with Crippen LogP contribution in [0.15, 0.2) is 53.7 Å². The van der Waals surface area contributed by atoms with Crippen LogP contribution in [0.5, 0.6) is 11.5 Å². The molecule has 0 aliphatic rings. The number of aliphatic hydroxyl groups is 1. The van der Waals surface area contributed by atoms with Crippen molar-refractivity contribution in [1.82, 2.24) is 0 Å². The van der Waals surface area contributed by atoms with Gasteiger partial charge in [-0.25, -0.2) is 0 Å². The maximum atomic E-state index is 10.0. The smallest absolute Gasteiger partial charge is 0.170 e. The molecule has 0 radical (unpaired) electrons. The van der Waals surface area contributed by atoms with Crippen molar-refractivity contribution in [2.75, 3.05) is 13.2 Å². The van der Waals surface area contributed by atoms with E-state index >= 15 is 0 Å². The molecule has 1 atom stereocenters. The van der Waals surface area contributed by atoms with Crippen LogP contribution in [0.3, 0.4) is 0 Å². The van der Waals surface area contributed by atoms with Gasteiger partial charge < -0.3 is 31.3 Å². The quantitative estimate of drug-likeness (QED) is 0.131. The predicted octanol–water partition coefficient (Wildman–Crippen LogP) is 2.05. The summed E-state index contributed by atoms with van der Waals surface area (Å²) in [4.78, 5) is 0. The Morgan fingerprint density at radius 3 is 1.96 bits per heavy atom. The van der Waals surface area contributed by atoms with Crippen molar-refractivity contribution in [2.45, 2.75) is 25.4 Å². The average Bonchev–Trinajstić information content (AvgIpc) is 2.71. The highest BCUT2D eigenvalue weighted by molar-refractivity contribution is 5.97. The molecule has 150 valence electrons. The number of nitrogens with zero attached hydrogens (tertiary/aromatic N) is 1. The minimum absolute atomic E-state index is 0.0169. The Morgan fingerprint density at radius 2 is 1.43 bits per heavy atom. The summed E-state index contributed by atoms with van der Waals surface area (Å²) in [5.74, 6) is 1.42. The average molecular weight is 386 g/mol.